The fraction of sp³-hybridized carbons (Fsp3) is 0.231. The van der Waals surface area contributed by atoms with Crippen LogP contribution in [0.15, 0.2) is 24.4 Å². The zero-order valence-electron chi connectivity index (χ0n) is 10.8. The van der Waals surface area contributed by atoms with Crippen LogP contribution in [0.25, 0.3) is 0 Å². The first-order valence-electron chi connectivity index (χ1n) is 5.52. The van der Waals surface area contributed by atoms with Gasteiger partial charge in [0.25, 0.3) is 0 Å². The first-order valence-corrected chi connectivity index (χ1v) is 5.90. The summed E-state index contributed by atoms with van der Waals surface area (Å²) in [5.74, 6) is 0.802. The van der Waals surface area contributed by atoms with Crippen molar-refractivity contribution >= 4 is 17.4 Å². The van der Waals surface area contributed by atoms with Gasteiger partial charge in [0.15, 0.2) is 0 Å². The number of ether oxygens (including phenoxy) is 2. The Morgan fingerprint density at radius 2 is 2.05 bits per heavy atom. The molecular formula is C13H13ClN2O3. The van der Waals surface area contributed by atoms with Crippen molar-refractivity contribution in [3.05, 3.63) is 40.7 Å². The largest absolute Gasteiger partial charge is 0.497 e. The standard InChI is InChI=1S/C13H13ClN2O3/c1-16-12(10(14)7-15-16)13(17)9-5-4-8(18-2)6-11(9)19-3/h4-7H,1-3H3. The summed E-state index contributed by atoms with van der Waals surface area (Å²) in [5.41, 5.74) is 0.735. The van der Waals surface area contributed by atoms with Crippen LogP contribution in [-0.2, 0) is 7.05 Å². The van der Waals surface area contributed by atoms with Gasteiger partial charge >= 0.3 is 0 Å². The van der Waals surface area contributed by atoms with Crippen molar-refractivity contribution in [1.82, 2.24) is 9.78 Å². The van der Waals surface area contributed by atoms with Crippen molar-refractivity contribution < 1.29 is 14.3 Å². The minimum absolute atomic E-state index is 0.246. The number of nitrogens with zero attached hydrogens (tertiary/aromatic N) is 2. The van der Waals surface area contributed by atoms with Crippen molar-refractivity contribution in [2.24, 2.45) is 7.05 Å². The summed E-state index contributed by atoms with van der Waals surface area (Å²) in [6.07, 6.45) is 1.44. The van der Waals surface area contributed by atoms with E-state index in [-0.39, 0.29) is 5.78 Å². The van der Waals surface area contributed by atoms with Gasteiger partial charge in [0.1, 0.15) is 17.2 Å². The lowest BCUT2D eigenvalue weighted by atomic mass is 10.1. The molecule has 0 amide bonds. The average molecular weight is 281 g/mol. The smallest absolute Gasteiger partial charge is 0.216 e. The molecule has 0 atom stereocenters. The van der Waals surface area contributed by atoms with Crippen molar-refractivity contribution in [3.63, 3.8) is 0 Å². The molecule has 1 heterocycles. The summed E-state index contributed by atoms with van der Waals surface area (Å²) < 4.78 is 11.7. The third-order valence-electron chi connectivity index (χ3n) is 2.76. The van der Waals surface area contributed by atoms with Crippen LogP contribution in [0.5, 0.6) is 11.5 Å². The molecule has 0 saturated heterocycles. The molecule has 0 unspecified atom stereocenters. The van der Waals surface area contributed by atoms with Gasteiger partial charge < -0.3 is 9.47 Å². The van der Waals surface area contributed by atoms with Gasteiger partial charge in [-0.15, -0.1) is 0 Å². The molecule has 19 heavy (non-hydrogen) atoms. The Hall–Kier alpha value is -2.01. The number of methoxy groups -OCH3 is 2. The summed E-state index contributed by atoms with van der Waals surface area (Å²) >= 11 is 5.97. The SMILES string of the molecule is COc1ccc(C(=O)c2c(Cl)cnn2C)c(OC)c1. The lowest BCUT2D eigenvalue weighted by Gasteiger charge is -2.10. The second kappa shape index (κ2) is 5.32. The molecule has 5 nitrogen and oxygen atoms in total. The number of aryl methyl sites for hydroxylation is 1. The third-order valence-corrected chi connectivity index (χ3v) is 3.04. The summed E-state index contributed by atoms with van der Waals surface area (Å²) in [6.45, 7) is 0. The first-order chi connectivity index (χ1) is 9.08. The Kier molecular flexibility index (Phi) is 3.76. The van der Waals surface area contributed by atoms with Crippen LogP contribution in [0, 0.1) is 0 Å². The van der Waals surface area contributed by atoms with E-state index in [9.17, 15) is 4.79 Å². The molecule has 0 aliphatic carbocycles. The molecule has 0 aliphatic heterocycles. The molecule has 2 aromatic rings. The van der Waals surface area contributed by atoms with E-state index in [4.69, 9.17) is 21.1 Å². The molecule has 6 heteroatoms. The van der Waals surface area contributed by atoms with Crippen LogP contribution < -0.4 is 9.47 Å². The van der Waals surface area contributed by atoms with Crippen molar-refractivity contribution in [2.75, 3.05) is 14.2 Å². The molecule has 2 rings (SSSR count). The lowest BCUT2D eigenvalue weighted by molar-refractivity contribution is 0.102. The van der Waals surface area contributed by atoms with Crippen LogP contribution in [0.2, 0.25) is 5.02 Å². The van der Waals surface area contributed by atoms with Crippen LogP contribution in [0.1, 0.15) is 16.1 Å². The number of carbonyl (C=O) groups is 1. The molecule has 0 saturated carbocycles. The quantitative estimate of drug-likeness (QED) is 0.807. The Morgan fingerprint density at radius 1 is 1.32 bits per heavy atom. The minimum Gasteiger partial charge on any atom is -0.497 e. The first kappa shape index (κ1) is 13.4. The highest BCUT2D eigenvalue weighted by Crippen LogP contribution is 2.28. The number of halogens is 1. The zero-order valence-corrected chi connectivity index (χ0v) is 11.6. The van der Waals surface area contributed by atoms with Gasteiger partial charge in [-0.3, -0.25) is 9.48 Å². The van der Waals surface area contributed by atoms with Crippen LogP contribution >= 0.6 is 11.6 Å². The molecular weight excluding hydrogens is 268 g/mol. The molecule has 0 radical (unpaired) electrons. The highest BCUT2D eigenvalue weighted by atomic mass is 35.5. The number of rotatable bonds is 4. The minimum atomic E-state index is -0.246. The maximum absolute atomic E-state index is 12.5. The summed E-state index contributed by atoms with van der Waals surface area (Å²) in [5, 5.41) is 4.26. The molecule has 0 aliphatic rings. The fourth-order valence-corrected chi connectivity index (χ4v) is 2.03. The molecule has 0 N–H and O–H groups in total. The second-order valence-corrected chi connectivity index (χ2v) is 4.27. The zero-order chi connectivity index (χ0) is 14.0. The number of ketones is 1. The van der Waals surface area contributed by atoms with E-state index in [2.05, 4.69) is 5.10 Å². The van der Waals surface area contributed by atoms with Gasteiger partial charge in [-0.25, -0.2) is 0 Å². The van der Waals surface area contributed by atoms with Gasteiger partial charge in [-0.1, -0.05) is 11.6 Å². The molecule has 100 valence electrons. The Bertz CT molecular complexity index is 603. The average Bonchev–Trinajstić information content (AvgIpc) is 2.76. The van der Waals surface area contributed by atoms with E-state index in [1.165, 1.54) is 18.0 Å². The second-order valence-electron chi connectivity index (χ2n) is 3.86. The van der Waals surface area contributed by atoms with Crippen LogP contribution in [0.3, 0.4) is 0 Å². The fourth-order valence-electron chi connectivity index (χ4n) is 1.78. The monoisotopic (exact) mass is 280 g/mol. The molecule has 0 fully saturated rings. The maximum atomic E-state index is 12.5. The molecule has 0 bridgehead atoms. The number of carbonyl (C=O) groups excluding carboxylic acids is 1. The molecule has 1 aromatic heterocycles. The number of aromatic nitrogens is 2. The predicted molar refractivity (Wildman–Crippen MR) is 71.2 cm³/mol. The summed E-state index contributed by atoms with van der Waals surface area (Å²) in [4.78, 5) is 12.5. The van der Waals surface area contributed by atoms with E-state index >= 15 is 0 Å². The lowest BCUT2D eigenvalue weighted by Crippen LogP contribution is -2.10. The summed E-state index contributed by atoms with van der Waals surface area (Å²) in [6, 6.07) is 4.99. The van der Waals surface area contributed by atoms with Crippen molar-refractivity contribution in [1.29, 1.82) is 0 Å². The van der Waals surface area contributed by atoms with Gasteiger partial charge in [-0.2, -0.15) is 5.10 Å². The normalized spacial score (nSPS) is 10.3. The Balaban J connectivity index is 2.50. The van der Waals surface area contributed by atoms with Crippen LogP contribution in [0.4, 0.5) is 0 Å². The molecule has 0 spiro atoms. The van der Waals surface area contributed by atoms with Gasteiger partial charge in [0.05, 0.1) is 31.0 Å². The topological polar surface area (TPSA) is 53.3 Å². The highest BCUT2D eigenvalue weighted by Gasteiger charge is 2.21. The summed E-state index contributed by atoms with van der Waals surface area (Å²) in [7, 11) is 4.71. The van der Waals surface area contributed by atoms with Gasteiger partial charge in [0.2, 0.25) is 5.78 Å². The highest BCUT2D eigenvalue weighted by molar-refractivity contribution is 6.34. The van der Waals surface area contributed by atoms with E-state index < -0.39 is 0 Å². The van der Waals surface area contributed by atoms with E-state index in [0.29, 0.717) is 27.8 Å². The van der Waals surface area contributed by atoms with Gasteiger partial charge in [0, 0.05) is 13.1 Å². The van der Waals surface area contributed by atoms with E-state index in [0.717, 1.165) is 0 Å². The maximum Gasteiger partial charge on any atom is 0.216 e. The Labute approximate surface area is 115 Å². The van der Waals surface area contributed by atoms with E-state index in [1.807, 2.05) is 0 Å². The van der Waals surface area contributed by atoms with Crippen LogP contribution in [-0.4, -0.2) is 29.8 Å². The number of hydrogen-bond donors (Lipinski definition) is 0. The Morgan fingerprint density at radius 3 is 2.58 bits per heavy atom. The van der Waals surface area contributed by atoms with Gasteiger partial charge in [-0.05, 0) is 12.1 Å². The van der Waals surface area contributed by atoms with E-state index in [1.54, 1.807) is 32.4 Å². The third kappa shape index (κ3) is 2.42. The van der Waals surface area contributed by atoms with Crippen molar-refractivity contribution in [3.8, 4) is 11.5 Å². The molecule has 1 aromatic carbocycles. The predicted octanol–water partition coefficient (Wildman–Crippen LogP) is 2.32. The van der Waals surface area contributed by atoms with Crippen molar-refractivity contribution in [2.45, 2.75) is 0 Å². The number of benzene rings is 1. The number of hydrogen-bond acceptors (Lipinski definition) is 4.